The van der Waals surface area contributed by atoms with Crippen molar-refractivity contribution in [2.24, 2.45) is 0 Å². The highest BCUT2D eigenvalue weighted by Gasteiger charge is 1.99. The minimum atomic E-state index is 0.112. The molecule has 1 rings (SSSR count). The Bertz CT molecular complexity index is 421. The molecule has 0 aliphatic heterocycles. The van der Waals surface area contributed by atoms with Crippen molar-refractivity contribution in [1.82, 2.24) is 0 Å². The normalized spacial score (nSPS) is 9.38. The van der Waals surface area contributed by atoms with Gasteiger partial charge in [-0.3, -0.25) is 4.79 Å². The summed E-state index contributed by atoms with van der Waals surface area (Å²) in [6.45, 7) is 3.46. The first-order chi connectivity index (χ1) is 7.61. The van der Waals surface area contributed by atoms with E-state index in [0.717, 1.165) is 5.56 Å². The van der Waals surface area contributed by atoms with Gasteiger partial charge in [0, 0.05) is 19.1 Å². The fraction of sp³-hybridized carbons (Fsp3) is 0.308. The zero-order valence-electron chi connectivity index (χ0n) is 9.41. The van der Waals surface area contributed by atoms with Crippen LogP contribution in [0.3, 0.4) is 0 Å². The monoisotopic (exact) mass is 234 g/mol. The first-order valence-corrected chi connectivity index (χ1v) is 6.00. The second-order valence-corrected chi connectivity index (χ2v) is 4.63. The van der Waals surface area contributed by atoms with Crippen LogP contribution in [0.4, 0.5) is 0 Å². The van der Waals surface area contributed by atoms with Gasteiger partial charge in [0.25, 0.3) is 0 Å². The molecule has 1 N–H and O–H groups in total. The number of carbonyl (C=O) groups is 1. The molecule has 0 aliphatic rings. The zero-order chi connectivity index (χ0) is 12.0. The van der Waals surface area contributed by atoms with Crippen molar-refractivity contribution < 1.29 is 9.90 Å². The Kier molecular flexibility index (Phi) is 4.94. The minimum Gasteiger partial charge on any atom is -0.507 e. The fourth-order valence-electron chi connectivity index (χ4n) is 1.21. The molecule has 16 heavy (non-hydrogen) atoms. The Morgan fingerprint density at radius 3 is 2.88 bits per heavy atom. The minimum absolute atomic E-state index is 0.112. The lowest BCUT2D eigenvalue weighted by atomic mass is 10.1. The second kappa shape index (κ2) is 6.24. The molecular formula is C13H14O2S. The van der Waals surface area contributed by atoms with Gasteiger partial charge in [-0.1, -0.05) is 35.7 Å². The Morgan fingerprint density at radius 1 is 1.50 bits per heavy atom. The van der Waals surface area contributed by atoms with Crippen LogP contribution in [-0.4, -0.2) is 16.0 Å². The number of benzene rings is 1. The molecule has 1 aromatic rings. The molecule has 0 aliphatic carbocycles. The third-order valence-electron chi connectivity index (χ3n) is 2.00. The number of hydrogen-bond acceptors (Lipinski definition) is 3. The Morgan fingerprint density at radius 2 is 2.25 bits per heavy atom. The third kappa shape index (κ3) is 4.00. The van der Waals surface area contributed by atoms with Crippen molar-refractivity contribution in [2.45, 2.75) is 20.3 Å². The van der Waals surface area contributed by atoms with Gasteiger partial charge in [-0.05, 0) is 18.6 Å². The molecular weight excluding hydrogens is 220 g/mol. The van der Waals surface area contributed by atoms with Gasteiger partial charge in [0.1, 0.15) is 5.75 Å². The van der Waals surface area contributed by atoms with Crippen molar-refractivity contribution in [3.05, 3.63) is 29.3 Å². The van der Waals surface area contributed by atoms with E-state index in [0.29, 0.717) is 17.7 Å². The van der Waals surface area contributed by atoms with Gasteiger partial charge in [-0.25, -0.2) is 0 Å². The lowest BCUT2D eigenvalue weighted by molar-refractivity contribution is -0.109. The van der Waals surface area contributed by atoms with Crippen LogP contribution in [0.5, 0.6) is 5.75 Å². The van der Waals surface area contributed by atoms with Gasteiger partial charge in [0.05, 0.1) is 5.56 Å². The van der Waals surface area contributed by atoms with E-state index < -0.39 is 0 Å². The van der Waals surface area contributed by atoms with Crippen LogP contribution in [-0.2, 0) is 4.79 Å². The average molecular weight is 234 g/mol. The molecule has 0 saturated carbocycles. The molecule has 0 fully saturated rings. The van der Waals surface area contributed by atoms with Gasteiger partial charge in [0.2, 0.25) is 0 Å². The summed E-state index contributed by atoms with van der Waals surface area (Å²) >= 11 is 1.27. The highest BCUT2D eigenvalue weighted by molar-refractivity contribution is 8.13. The summed E-state index contributed by atoms with van der Waals surface area (Å²) in [6.07, 6.45) is 0.651. The summed E-state index contributed by atoms with van der Waals surface area (Å²) in [5.41, 5.74) is 1.64. The molecule has 0 spiro atoms. The summed E-state index contributed by atoms with van der Waals surface area (Å²) < 4.78 is 0. The summed E-state index contributed by atoms with van der Waals surface area (Å²) in [7, 11) is 0. The summed E-state index contributed by atoms with van der Waals surface area (Å²) in [5, 5.41) is 9.69. The maximum atomic E-state index is 10.7. The van der Waals surface area contributed by atoms with Gasteiger partial charge in [-0.2, -0.15) is 0 Å². The summed E-state index contributed by atoms with van der Waals surface area (Å²) in [5.74, 6) is 6.80. The zero-order valence-corrected chi connectivity index (χ0v) is 10.2. The van der Waals surface area contributed by atoms with E-state index in [9.17, 15) is 9.90 Å². The highest BCUT2D eigenvalue weighted by atomic mass is 32.2. The van der Waals surface area contributed by atoms with Crippen LogP contribution < -0.4 is 0 Å². The largest absolute Gasteiger partial charge is 0.507 e. The molecule has 84 valence electrons. The number of phenols is 1. The van der Waals surface area contributed by atoms with E-state index >= 15 is 0 Å². The fourth-order valence-corrected chi connectivity index (χ4v) is 1.70. The van der Waals surface area contributed by atoms with Crippen LogP contribution in [0.15, 0.2) is 18.2 Å². The number of aromatic hydroxyl groups is 1. The molecule has 1 aromatic carbocycles. The highest BCUT2D eigenvalue weighted by Crippen LogP contribution is 2.18. The van der Waals surface area contributed by atoms with E-state index in [-0.39, 0.29) is 10.9 Å². The summed E-state index contributed by atoms with van der Waals surface area (Å²) in [4.78, 5) is 10.7. The van der Waals surface area contributed by atoms with E-state index in [4.69, 9.17) is 0 Å². The van der Waals surface area contributed by atoms with E-state index in [1.807, 2.05) is 13.0 Å². The molecule has 0 heterocycles. The predicted octanol–water partition coefficient (Wildman–Crippen LogP) is 2.72. The lowest BCUT2D eigenvalue weighted by Gasteiger charge is -1.99. The number of phenolic OH excluding ortho intramolecular Hbond substituents is 1. The average Bonchev–Trinajstić information content (AvgIpc) is 2.21. The molecule has 0 saturated heterocycles. The Hall–Kier alpha value is -1.40. The van der Waals surface area contributed by atoms with Crippen molar-refractivity contribution in [3.8, 4) is 17.6 Å². The Labute approximate surface area is 100 Å². The number of thioether (sulfide) groups is 1. The smallest absolute Gasteiger partial charge is 0.185 e. The maximum absolute atomic E-state index is 10.7. The van der Waals surface area contributed by atoms with E-state index in [2.05, 4.69) is 11.8 Å². The molecule has 0 bridgehead atoms. The second-order valence-electron chi connectivity index (χ2n) is 3.36. The quantitative estimate of drug-likeness (QED) is 0.631. The van der Waals surface area contributed by atoms with Crippen LogP contribution in [0.25, 0.3) is 0 Å². The SMILES string of the molecule is CC(=O)SCCC#Cc1c(C)cccc1O. The lowest BCUT2D eigenvalue weighted by Crippen LogP contribution is -1.85. The Balaban J connectivity index is 2.60. The van der Waals surface area contributed by atoms with Gasteiger partial charge >= 0.3 is 0 Å². The standard InChI is InChI=1S/C13H14O2S/c1-10-6-5-8-13(15)12(10)7-3-4-9-16-11(2)14/h5-6,8,15H,4,9H2,1-2H3. The van der Waals surface area contributed by atoms with Crippen LogP contribution in [0.2, 0.25) is 0 Å². The first kappa shape index (κ1) is 12.7. The number of rotatable bonds is 2. The third-order valence-corrected chi connectivity index (χ3v) is 2.81. The van der Waals surface area contributed by atoms with Crippen LogP contribution in [0, 0.1) is 18.8 Å². The summed E-state index contributed by atoms with van der Waals surface area (Å²) in [6, 6.07) is 5.33. The molecule has 0 unspecified atom stereocenters. The molecule has 0 radical (unpaired) electrons. The van der Waals surface area contributed by atoms with Gasteiger partial charge in [0.15, 0.2) is 5.12 Å². The van der Waals surface area contributed by atoms with Crippen LogP contribution in [0.1, 0.15) is 24.5 Å². The van der Waals surface area contributed by atoms with Crippen molar-refractivity contribution in [3.63, 3.8) is 0 Å². The van der Waals surface area contributed by atoms with E-state index in [1.54, 1.807) is 19.1 Å². The van der Waals surface area contributed by atoms with Crippen molar-refractivity contribution in [2.75, 3.05) is 5.75 Å². The molecule has 0 amide bonds. The molecule has 2 nitrogen and oxygen atoms in total. The number of aryl methyl sites for hydroxylation is 1. The topological polar surface area (TPSA) is 37.3 Å². The molecule has 0 aromatic heterocycles. The molecule has 0 atom stereocenters. The van der Waals surface area contributed by atoms with Crippen LogP contribution >= 0.6 is 11.8 Å². The predicted molar refractivity (Wildman–Crippen MR) is 67.5 cm³/mol. The number of carbonyl (C=O) groups excluding carboxylic acids is 1. The van der Waals surface area contributed by atoms with Gasteiger partial charge in [-0.15, -0.1) is 0 Å². The van der Waals surface area contributed by atoms with Crippen molar-refractivity contribution in [1.29, 1.82) is 0 Å². The maximum Gasteiger partial charge on any atom is 0.185 e. The van der Waals surface area contributed by atoms with E-state index in [1.165, 1.54) is 11.8 Å². The van der Waals surface area contributed by atoms with Crippen molar-refractivity contribution >= 4 is 16.9 Å². The van der Waals surface area contributed by atoms with Gasteiger partial charge < -0.3 is 5.11 Å². The molecule has 3 heteroatoms. The number of hydrogen-bond donors (Lipinski definition) is 1. The first-order valence-electron chi connectivity index (χ1n) is 5.02.